The Morgan fingerprint density at radius 2 is 1.53 bits per heavy atom. The molecule has 0 N–H and O–H groups in total. The molecule has 3 fully saturated rings. The maximum atomic E-state index is 12.3. The summed E-state index contributed by atoms with van der Waals surface area (Å²) >= 11 is 0. The Labute approximate surface area is 115 Å². The number of rotatable bonds is 0. The van der Waals surface area contributed by atoms with Crippen molar-refractivity contribution in [1.82, 2.24) is 4.90 Å². The van der Waals surface area contributed by atoms with Gasteiger partial charge in [-0.15, -0.1) is 0 Å². The zero-order chi connectivity index (χ0) is 13.7. The van der Waals surface area contributed by atoms with Crippen LogP contribution in [-0.4, -0.2) is 40.9 Å². The Morgan fingerprint density at radius 3 is 1.84 bits per heavy atom. The molecule has 0 unspecified atom stereocenters. The van der Waals surface area contributed by atoms with Crippen molar-refractivity contribution in [2.75, 3.05) is 13.1 Å². The molecule has 4 heteroatoms. The third-order valence-electron chi connectivity index (χ3n) is 4.57. The van der Waals surface area contributed by atoms with E-state index in [2.05, 4.69) is 0 Å². The predicted molar refractivity (Wildman–Crippen MR) is 72.1 cm³/mol. The van der Waals surface area contributed by atoms with Gasteiger partial charge >= 0.3 is 6.09 Å². The lowest BCUT2D eigenvalue weighted by Crippen LogP contribution is -2.67. The summed E-state index contributed by atoms with van der Waals surface area (Å²) in [6.45, 7) is 7.18. The molecule has 0 radical (unpaired) electrons. The maximum Gasteiger partial charge on any atom is 0.410 e. The topological polar surface area (TPSA) is 38.8 Å². The largest absolute Gasteiger partial charge is 0.444 e. The number of hydrogen-bond acceptors (Lipinski definition) is 3. The normalized spacial score (nSPS) is 27.8. The molecule has 2 aliphatic carbocycles. The van der Waals surface area contributed by atoms with E-state index in [-0.39, 0.29) is 17.3 Å². The van der Waals surface area contributed by atoms with Gasteiger partial charge in [0.05, 0.1) is 24.3 Å². The Kier molecular flexibility index (Phi) is 2.86. The summed E-state index contributed by atoms with van der Waals surface area (Å²) in [7, 11) is 0. The molecule has 2 saturated carbocycles. The Bertz CT molecular complexity index is 355. The van der Waals surface area contributed by atoms with E-state index < -0.39 is 5.60 Å². The SMILES string of the molecule is CC(C)(C)OC(=O)N1CC2(CCC2)OC2(CCC2)C1. The van der Waals surface area contributed by atoms with E-state index in [1.54, 1.807) is 0 Å². The lowest BCUT2D eigenvalue weighted by molar-refractivity contribution is -0.260. The Morgan fingerprint density at radius 1 is 1.05 bits per heavy atom. The average Bonchev–Trinajstić information content (AvgIpc) is 2.22. The van der Waals surface area contributed by atoms with Crippen molar-refractivity contribution in [1.29, 1.82) is 0 Å². The highest BCUT2D eigenvalue weighted by molar-refractivity contribution is 5.68. The first kappa shape index (κ1) is 13.2. The summed E-state index contributed by atoms with van der Waals surface area (Å²) in [5, 5.41) is 0. The molecule has 0 atom stereocenters. The van der Waals surface area contributed by atoms with Gasteiger partial charge in [-0.05, 0) is 59.3 Å². The number of hydrogen-bond donors (Lipinski definition) is 0. The van der Waals surface area contributed by atoms with E-state index in [4.69, 9.17) is 9.47 Å². The fraction of sp³-hybridized carbons (Fsp3) is 0.933. The van der Waals surface area contributed by atoms with Crippen LogP contribution in [0.1, 0.15) is 59.3 Å². The van der Waals surface area contributed by atoms with E-state index in [1.165, 1.54) is 12.8 Å². The van der Waals surface area contributed by atoms with Crippen LogP contribution in [0, 0.1) is 0 Å². The third-order valence-corrected chi connectivity index (χ3v) is 4.57. The number of carbonyl (C=O) groups is 1. The lowest BCUT2D eigenvalue weighted by atomic mass is 9.72. The molecule has 0 aromatic rings. The van der Waals surface area contributed by atoms with Gasteiger partial charge in [0.25, 0.3) is 0 Å². The van der Waals surface area contributed by atoms with Crippen LogP contribution in [0.25, 0.3) is 0 Å². The zero-order valence-corrected chi connectivity index (χ0v) is 12.3. The number of nitrogens with zero attached hydrogens (tertiary/aromatic N) is 1. The predicted octanol–water partition coefficient (Wildman–Crippen LogP) is 3.10. The van der Waals surface area contributed by atoms with Crippen LogP contribution in [-0.2, 0) is 9.47 Å². The van der Waals surface area contributed by atoms with E-state index in [0.29, 0.717) is 13.1 Å². The van der Waals surface area contributed by atoms with Crippen LogP contribution in [0.15, 0.2) is 0 Å². The van der Waals surface area contributed by atoms with E-state index in [9.17, 15) is 4.79 Å². The minimum absolute atomic E-state index is 0.0599. The highest BCUT2D eigenvalue weighted by atomic mass is 16.6. The van der Waals surface area contributed by atoms with Gasteiger partial charge < -0.3 is 14.4 Å². The van der Waals surface area contributed by atoms with Crippen molar-refractivity contribution in [3.63, 3.8) is 0 Å². The summed E-state index contributed by atoms with van der Waals surface area (Å²) in [4.78, 5) is 14.2. The van der Waals surface area contributed by atoms with E-state index in [1.807, 2.05) is 25.7 Å². The highest BCUT2D eigenvalue weighted by Crippen LogP contribution is 2.49. The van der Waals surface area contributed by atoms with Gasteiger partial charge in [0.15, 0.2) is 0 Å². The standard InChI is InChI=1S/C15H25NO3/c1-13(2,3)18-12(17)16-10-14(6-4-7-14)19-15(11-16)8-5-9-15/h4-11H2,1-3H3. The van der Waals surface area contributed by atoms with Gasteiger partial charge in [0, 0.05) is 0 Å². The Balaban J connectivity index is 1.72. The second kappa shape index (κ2) is 4.11. The number of amides is 1. The molecular formula is C15H25NO3. The monoisotopic (exact) mass is 267 g/mol. The fourth-order valence-corrected chi connectivity index (χ4v) is 3.39. The smallest absolute Gasteiger partial charge is 0.410 e. The molecular weight excluding hydrogens is 242 g/mol. The van der Waals surface area contributed by atoms with Crippen molar-refractivity contribution in [2.24, 2.45) is 0 Å². The highest BCUT2D eigenvalue weighted by Gasteiger charge is 2.55. The van der Waals surface area contributed by atoms with Gasteiger partial charge in [0.1, 0.15) is 5.60 Å². The summed E-state index contributed by atoms with van der Waals surface area (Å²) < 4.78 is 11.9. The summed E-state index contributed by atoms with van der Waals surface area (Å²) in [5.74, 6) is 0. The summed E-state index contributed by atoms with van der Waals surface area (Å²) in [5.41, 5.74) is -0.542. The van der Waals surface area contributed by atoms with E-state index in [0.717, 1.165) is 25.7 Å². The molecule has 3 rings (SSSR count). The van der Waals surface area contributed by atoms with Gasteiger partial charge in [0.2, 0.25) is 0 Å². The average molecular weight is 267 g/mol. The van der Waals surface area contributed by atoms with Crippen molar-refractivity contribution >= 4 is 6.09 Å². The quantitative estimate of drug-likeness (QED) is 0.677. The van der Waals surface area contributed by atoms with Crippen molar-refractivity contribution < 1.29 is 14.3 Å². The van der Waals surface area contributed by atoms with E-state index >= 15 is 0 Å². The van der Waals surface area contributed by atoms with Crippen LogP contribution < -0.4 is 0 Å². The van der Waals surface area contributed by atoms with Gasteiger partial charge in [-0.1, -0.05) is 0 Å². The molecule has 1 aliphatic heterocycles. The second-order valence-corrected chi connectivity index (χ2v) is 7.51. The van der Waals surface area contributed by atoms with Crippen LogP contribution in [0.4, 0.5) is 4.79 Å². The zero-order valence-electron chi connectivity index (χ0n) is 12.3. The Hall–Kier alpha value is -0.770. The molecule has 19 heavy (non-hydrogen) atoms. The molecule has 4 nitrogen and oxygen atoms in total. The van der Waals surface area contributed by atoms with Gasteiger partial charge in [-0.25, -0.2) is 4.79 Å². The van der Waals surface area contributed by atoms with Gasteiger partial charge in [-0.3, -0.25) is 0 Å². The molecule has 1 heterocycles. The minimum atomic E-state index is -0.422. The number of morpholine rings is 1. The van der Waals surface area contributed by atoms with Crippen molar-refractivity contribution in [3.05, 3.63) is 0 Å². The van der Waals surface area contributed by atoms with Crippen LogP contribution in [0.5, 0.6) is 0 Å². The van der Waals surface area contributed by atoms with Gasteiger partial charge in [-0.2, -0.15) is 0 Å². The number of carbonyl (C=O) groups excluding carboxylic acids is 1. The van der Waals surface area contributed by atoms with Crippen molar-refractivity contribution in [2.45, 2.75) is 76.1 Å². The summed E-state index contributed by atoms with van der Waals surface area (Å²) in [6.07, 6.45) is 6.63. The molecule has 0 aromatic carbocycles. The lowest BCUT2D eigenvalue weighted by Gasteiger charge is -2.59. The molecule has 0 aromatic heterocycles. The van der Waals surface area contributed by atoms with Crippen LogP contribution >= 0.6 is 0 Å². The molecule has 108 valence electrons. The molecule has 0 bridgehead atoms. The molecule has 1 saturated heterocycles. The molecule has 1 amide bonds. The first-order valence-electron chi connectivity index (χ1n) is 7.50. The fourth-order valence-electron chi connectivity index (χ4n) is 3.39. The number of ether oxygens (including phenoxy) is 2. The minimum Gasteiger partial charge on any atom is -0.444 e. The maximum absolute atomic E-state index is 12.3. The summed E-state index contributed by atoms with van der Waals surface area (Å²) in [6, 6.07) is 0. The molecule has 2 spiro atoms. The first-order valence-corrected chi connectivity index (χ1v) is 7.50. The second-order valence-electron chi connectivity index (χ2n) is 7.51. The first-order chi connectivity index (χ1) is 8.82. The van der Waals surface area contributed by atoms with Crippen LogP contribution in [0.3, 0.4) is 0 Å². The van der Waals surface area contributed by atoms with Crippen molar-refractivity contribution in [3.8, 4) is 0 Å². The third kappa shape index (κ3) is 2.47. The van der Waals surface area contributed by atoms with Crippen LogP contribution in [0.2, 0.25) is 0 Å². The molecule has 3 aliphatic rings.